The van der Waals surface area contributed by atoms with Gasteiger partial charge >= 0.3 is 6.03 Å². The van der Waals surface area contributed by atoms with E-state index in [0.717, 1.165) is 21.8 Å². The van der Waals surface area contributed by atoms with E-state index in [2.05, 4.69) is 15.6 Å². The van der Waals surface area contributed by atoms with Gasteiger partial charge in [0.05, 0.1) is 0 Å². The number of nitrogens with one attached hydrogen (secondary N) is 2. The van der Waals surface area contributed by atoms with E-state index in [1.54, 1.807) is 31.2 Å². The largest absolute Gasteiger partial charge is 0.508 e. The number of amides is 4. The lowest BCUT2D eigenvalue weighted by Gasteiger charge is -2.29. The van der Waals surface area contributed by atoms with Crippen molar-refractivity contribution in [2.45, 2.75) is 24.9 Å². The molecule has 1 aliphatic heterocycles. The molecule has 1 fully saturated rings. The van der Waals surface area contributed by atoms with Crippen LogP contribution in [0.15, 0.2) is 60.0 Å². The Bertz CT molecular complexity index is 1260. The third-order valence-electron chi connectivity index (χ3n) is 5.71. The second-order valence-electron chi connectivity index (χ2n) is 7.93. The van der Waals surface area contributed by atoms with E-state index in [1.165, 1.54) is 29.6 Å². The maximum atomic E-state index is 13.5. The van der Waals surface area contributed by atoms with Crippen molar-refractivity contribution in [2.75, 3.05) is 11.9 Å². The van der Waals surface area contributed by atoms with Crippen LogP contribution in [0.4, 0.5) is 9.93 Å². The molecule has 1 aromatic heterocycles. The number of phenolic OH excluding ortho intramolecular Hbond substituents is 1. The Hall–Kier alpha value is -4.09. The van der Waals surface area contributed by atoms with Gasteiger partial charge in [-0.05, 0) is 23.3 Å². The van der Waals surface area contributed by atoms with Crippen molar-refractivity contribution < 1.29 is 29.4 Å². The fourth-order valence-electron chi connectivity index (χ4n) is 3.88. The molecule has 180 valence electrons. The summed E-state index contributed by atoms with van der Waals surface area (Å²) in [5.74, 6) is -2.43. The molecular weight excluding hydrogens is 472 g/mol. The Morgan fingerprint density at radius 2 is 1.83 bits per heavy atom. The molecule has 4 N–H and O–H groups in total. The molecule has 0 spiro atoms. The summed E-state index contributed by atoms with van der Waals surface area (Å²) in [4.78, 5) is 56.4. The van der Waals surface area contributed by atoms with Crippen LogP contribution >= 0.6 is 11.3 Å². The fraction of sp³-hybridized carbons (Fsp3) is 0.208. The van der Waals surface area contributed by atoms with E-state index >= 15 is 0 Å². The normalized spacial score (nSPS) is 17.1. The molecule has 0 radical (unpaired) electrons. The van der Waals surface area contributed by atoms with Gasteiger partial charge < -0.3 is 20.8 Å². The Balaban J connectivity index is 1.66. The molecule has 4 amide bonds. The van der Waals surface area contributed by atoms with Gasteiger partial charge in [-0.3, -0.25) is 14.4 Å². The molecule has 2 heterocycles. The van der Waals surface area contributed by atoms with Gasteiger partial charge in [0.25, 0.3) is 5.91 Å². The number of aromatic nitrogens is 1. The molecule has 4 rings (SSSR count). The third kappa shape index (κ3) is 4.91. The molecule has 0 saturated carbocycles. The van der Waals surface area contributed by atoms with Crippen LogP contribution < -0.4 is 10.6 Å². The molecule has 0 aliphatic carbocycles. The average molecular weight is 495 g/mol. The number of rotatable bonds is 8. The zero-order chi connectivity index (χ0) is 25.1. The van der Waals surface area contributed by atoms with Crippen LogP contribution in [0.25, 0.3) is 0 Å². The highest BCUT2D eigenvalue weighted by molar-refractivity contribution is 7.14. The maximum Gasteiger partial charge on any atom is 0.325 e. The first-order valence-corrected chi connectivity index (χ1v) is 11.6. The second kappa shape index (κ2) is 10.0. The second-order valence-corrected chi connectivity index (χ2v) is 8.79. The van der Waals surface area contributed by atoms with Crippen LogP contribution in [0.3, 0.4) is 0 Å². The fourth-order valence-corrected chi connectivity index (χ4v) is 4.59. The molecular formula is C24H22N4O6S. The number of aliphatic hydroxyl groups is 1. The monoisotopic (exact) mass is 494 g/mol. The Morgan fingerprint density at radius 1 is 1.14 bits per heavy atom. The number of carbonyl (C=O) groups excluding carboxylic acids is 4. The molecule has 2 unspecified atom stereocenters. The summed E-state index contributed by atoms with van der Waals surface area (Å²) in [6, 6.07) is 11.9. The molecule has 11 heteroatoms. The minimum Gasteiger partial charge on any atom is -0.508 e. The number of aromatic hydroxyl groups is 1. The van der Waals surface area contributed by atoms with Crippen molar-refractivity contribution in [1.29, 1.82) is 0 Å². The smallest absolute Gasteiger partial charge is 0.325 e. The standard InChI is InChI=1S/C24H22N4O6S/c1-13(14-5-3-2-4-6-14)20(21(32)27-23-25-17(12-35-23)18(31)11-29)28-22(33)19(26-24(28)34)15-7-9-16(30)10-8-15/h2-10,12-13,19-20,29-30H,11H2,1H3,(H,26,34)(H,25,27,32)/t13?,19-,20?/m1/s1. The number of carbonyl (C=O) groups is 4. The van der Waals surface area contributed by atoms with Gasteiger partial charge in [0, 0.05) is 11.3 Å². The van der Waals surface area contributed by atoms with Crippen molar-refractivity contribution >= 4 is 40.1 Å². The van der Waals surface area contributed by atoms with E-state index in [-0.39, 0.29) is 16.6 Å². The summed E-state index contributed by atoms with van der Waals surface area (Å²) < 4.78 is 0. The molecule has 10 nitrogen and oxygen atoms in total. The topological polar surface area (TPSA) is 149 Å². The Morgan fingerprint density at radius 3 is 2.49 bits per heavy atom. The van der Waals surface area contributed by atoms with Crippen LogP contribution in [-0.2, 0) is 9.59 Å². The van der Waals surface area contributed by atoms with Crippen molar-refractivity contribution in [3.05, 3.63) is 76.8 Å². The van der Waals surface area contributed by atoms with Crippen molar-refractivity contribution in [3.8, 4) is 5.75 Å². The number of ketones is 1. The highest BCUT2D eigenvalue weighted by atomic mass is 32.1. The maximum absolute atomic E-state index is 13.5. The predicted molar refractivity (Wildman–Crippen MR) is 127 cm³/mol. The van der Waals surface area contributed by atoms with Gasteiger partial charge in [0.2, 0.25) is 11.7 Å². The van der Waals surface area contributed by atoms with E-state index in [1.807, 2.05) is 6.07 Å². The first kappa shape index (κ1) is 24.0. The number of urea groups is 1. The molecule has 2 aromatic carbocycles. The average Bonchev–Trinajstić information content (AvgIpc) is 3.44. The SMILES string of the molecule is CC(c1ccccc1)C(C(=O)Nc1nc(C(=O)CO)cs1)N1C(=O)N[C@H](c2ccc(O)cc2)C1=O. The number of hydrogen-bond acceptors (Lipinski definition) is 8. The van der Waals surface area contributed by atoms with Crippen LogP contribution in [0, 0.1) is 0 Å². The first-order valence-electron chi connectivity index (χ1n) is 10.7. The van der Waals surface area contributed by atoms with Crippen molar-refractivity contribution in [2.24, 2.45) is 0 Å². The van der Waals surface area contributed by atoms with Gasteiger partial charge in [0.1, 0.15) is 30.1 Å². The number of nitrogens with zero attached hydrogens (tertiary/aromatic N) is 2. The van der Waals surface area contributed by atoms with E-state index in [9.17, 15) is 24.3 Å². The number of thiazole rings is 1. The number of phenols is 1. The lowest BCUT2D eigenvalue weighted by atomic mass is 9.91. The summed E-state index contributed by atoms with van der Waals surface area (Å²) in [5.41, 5.74) is 1.20. The summed E-state index contributed by atoms with van der Waals surface area (Å²) >= 11 is 0.987. The lowest BCUT2D eigenvalue weighted by molar-refractivity contribution is -0.134. The minimum atomic E-state index is -1.23. The Kier molecular flexibility index (Phi) is 6.90. The third-order valence-corrected chi connectivity index (χ3v) is 6.46. The highest BCUT2D eigenvalue weighted by Gasteiger charge is 2.47. The molecule has 3 aromatic rings. The van der Waals surface area contributed by atoms with Crippen LogP contribution in [-0.4, -0.2) is 56.4 Å². The molecule has 1 saturated heterocycles. The van der Waals surface area contributed by atoms with Crippen molar-refractivity contribution in [3.63, 3.8) is 0 Å². The number of anilines is 1. The van der Waals surface area contributed by atoms with E-state index < -0.39 is 48.2 Å². The number of hydrogen-bond donors (Lipinski definition) is 4. The zero-order valence-electron chi connectivity index (χ0n) is 18.5. The van der Waals surface area contributed by atoms with Crippen LogP contribution in [0.5, 0.6) is 5.75 Å². The highest BCUT2D eigenvalue weighted by Crippen LogP contribution is 2.31. The van der Waals surface area contributed by atoms with Gasteiger partial charge in [-0.1, -0.05) is 49.4 Å². The zero-order valence-corrected chi connectivity index (χ0v) is 19.4. The van der Waals surface area contributed by atoms with Crippen LogP contribution in [0.1, 0.15) is 40.5 Å². The number of Topliss-reactive ketones (excluding diaryl/α,β-unsaturated/α-hetero) is 1. The quantitative estimate of drug-likeness (QED) is 0.278. The van der Waals surface area contributed by atoms with E-state index in [4.69, 9.17) is 5.11 Å². The predicted octanol–water partition coefficient (Wildman–Crippen LogP) is 2.43. The number of aliphatic hydroxyl groups excluding tert-OH is 1. The van der Waals surface area contributed by atoms with E-state index in [0.29, 0.717) is 5.56 Å². The summed E-state index contributed by atoms with van der Waals surface area (Å²) in [6.45, 7) is 1.02. The number of benzene rings is 2. The van der Waals surface area contributed by atoms with Gasteiger partial charge in [-0.2, -0.15) is 0 Å². The van der Waals surface area contributed by atoms with Crippen molar-refractivity contribution in [1.82, 2.24) is 15.2 Å². The lowest BCUT2D eigenvalue weighted by Crippen LogP contribution is -2.50. The first-order chi connectivity index (χ1) is 16.8. The van der Waals surface area contributed by atoms with Gasteiger partial charge in [-0.15, -0.1) is 11.3 Å². The summed E-state index contributed by atoms with van der Waals surface area (Å²) in [7, 11) is 0. The van der Waals surface area contributed by atoms with Gasteiger partial charge in [0.15, 0.2) is 5.13 Å². The summed E-state index contributed by atoms with van der Waals surface area (Å²) in [6.07, 6.45) is 0. The molecule has 1 aliphatic rings. The molecule has 35 heavy (non-hydrogen) atoms. The number of imide groups is 1. The molecule has 0 bridgehead atoms. The summed E-state index contributed by atoms with van der Waals surface area (Å²) in [5, 5.41) is 25.3. The molecule has 3 atom stereocenters. The van der Waals surface area contributed by atoms with Crippen LogP contribution in [0.2, 0.25) is 0 Å². The Labute approximate surface area is 204 Å². The minimum absolute atomic E-state index is 0.00263. The van der Waals surface area contributed by atoms with Gasteiger partial charge in [-0.25, -0.2) is 14.7 Å².